The van der Waals surface area contributed by atoms with Crippen LogP contribution in [0.2, 0.25) is 5.02 Å². The van der Waals surface area contributed by atoms with E-state index in [1.165, 1.54) is 6.07 Å². The zero-order valence-electron chi connectivity index (χ0n) is 15.8. The Bertz CT molecular complexity index is 1100. The second-order valence-corrected chi connectivity index (χ2v) is 7.72. The third-order valence-corrected chi connectivity index (χ3v) is 6.06. The summed E-state index contributed by atoms with van der Waals surface area (Å²) in [4.78, 5) is 14.3. The second-order valence-electron chi connectivity index (χ2n) is 7.35. The molecule has 2 aliphatic heterocycles. The van der Waals surface area contributed by atoms with Gasteiger partial charge in [0.25, 0.3) is 0 Å². The molecule has 150 valence electrons. The summed E-state index contributed by atoms with van der Waals surface area (Å²) >= 11 is 6.35. The monoisotopic (exact) mass is 414 g/mol. The zero-order valence-corrected chi connectivity index (χ0v) is 16.5. The molecule has 0 saturated carbocycles. The maximum atomic E-state index is 14.4. The summed E-state index contributed by atoms with van der Waals surface area (Å²) in [5, 5.41) is 0.847. The molecule has 5 nitrogen and oxygen atoms in total. The van der Waals surface area contributed by atoms with Gasteiger partial charge in [-0.1, -0.05) is 41.9 Å². The van der Waals surface area contributed by atoms with E-state index in [-0.39, 0.29) is 17.7 Å². The van der Waals surface area contributed by atoms with Gasteiger partial charge in [0.15, 0.2) is 0 Å². The van der Waals surface area contributed by atoms with Crippen LogP contribution in [-0.2, 0) is 30.7 Å². The van der Waals surface area contributed by atoms with Gasteiger partial charge in [-0.3, -0.25) is 0 Å². The molecular weight excluding hydrogens is 395 g/mol. The topological polar surface area (TPSA) is 43.7 Å². The van der Waals surface area contributed by atoms with Gasteiger partial charge in [0.2, 0.25) is 0 Å². The highest BCUT2D eigenvalue weighted by Crippen LogP contribution is 2.42. The summed E-state index contributed by atoms with van der Waals surface area (Å²) in [6.07, 6.45) is 0.937. The molecule has 0 spiro atoms. The van der Waals surface area contributed by atoms with Crippen LogP contribution in [-0.4, -0.2) is 35.3 Å². The molecular formula is C22H20ClFN2O3. The van der Waals surface area contributed by atoms with Crippen molar-refractivity contribution in [2.24, 2.45) is 0 Å². The Labute approximate surface area is 172 Å². The van der Waals surface area contributed by atoms with E-state index in [9.17, 15) is 9.18 Å². The molecule has 0 fully saturated rings. The summed E-state index contributed by atoms with van der Waals surface area (Å²) in [5.41, 5.74) is 3.94. The molecule has 3 heterocycles. The fourth-order valence-electron chi connectivity index (χ4n) is 4.33. The standard InChI is InChI=1S/C22H20ClFN2O3/c23-20-16(24)12-18-21-19(20)15-6-8-25(9-7-17(15)26(21)10-11-28-18)22(27)29-13-14-4-2-1-3-5-14/h1-5,12H,6-11,13H2. The number of carbonyl (C=O) groups excluding carboxylic acids is 1. The number of benzene rings is 2. The molecule has 0 unspecified atom stereocenters. The van der Waals surface area contributed by atoms with Crippen LogP contribution in [0.1, 0.15) is 16.8 Å². The van der Waals surface area contributed by atoms with Crippen LogP contribution >= 0.6 is 11.6 Å². The first-order valence-electron chi connectivity index (χ1n) is 9.74. The van der Waals surface area contributed by atoms with E-state index in [0.29, 0.717) is 44.8 Å². The SMILES string of the molecule is O=C(OCc1ccccc1)N1CCc2c(n3c4c(cc(F)c(Cl)c24)OCC3)CC1. The summed E-state index contributed by atoms with van der Waals surface area (Å²) < 4.78 is 27.7. The van der Waals surface area contributed by atoms with Crippen molar-refractivity contribution in [1.82, 2.24) is 9.47 Å². The van der Waals surface area contributed by atoms with Crippen molar-refractivity contribution in [2.45, 2.75) is 26.0 Å². The van der Waals surface area contributed by atoms with Crippen LogP contribution in [0.3, 0.4) is 0 Å². The molecule has 29 heavy (non-hydrogen) atoms. The smallest absolute Gasteiger partial charge is 0.410 e. The van der Waals surface area contributed by atoms with Crippen molar-refractivity contribution in [3.8, 4) is 5.75 Å². The molecule has 3 aromatic rings. The number of nitrogens with zero attached hydrogens (tertiary/aromatic N) is 2. The minimum absolute atomic E-state index is 0.129. The minimum Gasteiger partial charge on any atom is -0.489 e. The molecule has 1 aromatic heterocycles. The lowest BCUT2D eigenvalue weighted by atomic mass is 10.1. The quantitative estimate of drug-likeness (QED) is 0.617. The van der Waals surface area contributed by atoms with Gasteiger partial charge in [0, 0.05) is 36.7 Å². The van der Waals surface area contributed by atoms with E-state index in [0.717, 1.165) is 27.7 Å². The van der Waals surface area contributed by atoms with Crippen LogP contribution in [0, 0.1) is 5.82 Å². The normalized spacial score (nSPS) is 15.6. The Morgan fingerprint density at radius 1 is 1.17 bits per heavy atom. The Kier molecular flexibility index (Phi) is 4.59. The van der Waals surface area contributed by atoms with Gasteiger partial charge < -0.3 is 18.9 Å². The lowest BCUT2D eigenvalue weighted by molar-refractivity contribution is 0.0976. The number of hydrogen-bond acceptors (Lipinski definition) is 3. The maximum Gasteiger partial charge on any atom is 0.410 e. The Hall–Kier alpha value is -2.73. The van der Waals surface area contributed by atoms with Crippen molar-refractivity contribution in [3.05, 3.63) is 64.1 Å². The summed E-state index contributed by atoms with van der Waals surface area (Å²) in [6.45, 7) is 2.48. The number of fused-ring (bicyclic) bond motifs is 3. The van der Waals surface area contributed by atoms with Gasteiger partial charge >= 0.3 is 6.09 Å². The Balaban J connectivity index is 1.40. The molecule has 0 radical (unpaired) electrons. The maximum absolute atomic E-state index is 14.4. The molecule has 0 atom stereocenters. The third kappa shape index (κ3) is 3.12. The number of ether oxygens (including phenoxy) is 2. The number of halogens is 2. The summed E-state index contributed by atoms with van der Waals surface area (Å²) in [7, 11) is 0. The van der Waals surface area contributed by atoms with Crippen LogP contribution in [0.15, 0.2) is 36.4 Å². The molecule has 0 saturated heterocycles. The molecule has 5 rings (SSSR count). The fraction of sp³-hybridized carbons (Fsp3) is 0.318. The van der Waals surface area contributed by atoms with Crippen molar-refractivity contribution in [1.29, 1.82) is 0 Å². The highest BCUT2D eigenvalue weighted by atomic mass is 35.5. The molecule has 2 aliphatic rings. The number of aromatic nitrogens is 1. The summed E-state index contributed by atoms with van der Waals surface area (Å²) in [6, 6.07) is 11.0. The van der Waals surface area contributed by atoms with Gasteiger partial charge in [0.1, 0.15) is 24.8 Å². The Morgan fingerprint density at radius 2 is 1.97 bits per heavy atom. The molecule has 2 aromatic carbocycles. The molecule has 0 aliphatic carbocycles. The van der Waals surface area contributed by atoms with Gasteiger partial charge in [-0.05, 0) is 17.5 Å². The predicted molar refractivity (Wildman–Crippen MR) is 108 cm³/mol. The number of hydrogen-bond donors (Lipinski definition) is 0. The highest BCUT2D eigenvalue weighted by molar-refractivity contribution is 6.36. The van der Waals surface area contributed by atoms with Crippen molar-refractivity contribution in [3.63, 3.8) is 0 Å². The van der Waals surface area contributed by atoms with Gasteiger partial charge in [-0.25, -0.2) is 9.18 Å². The van der Waals surface area contributed by atoms with Crippen molar-refractivity contribution in [2.75, 3.05) is 19.7 Å². The molecule has 7 heteroatoms. The van der Waals surface area contributed by atoms with E-state index in [1.807, 2.05) is 30.3 Å². The first kappa shape index (κ1) is 18.3. The fourth-order valence-corrected chi connectivity index (χ4v) is 4.59. The van der Waals surface area contributed by atoms with Gasteiger partial charge in [-0.15, -0.1) is 0 Å². The molecule has 0 N–H and O–H groups in total. The van der Waals surface area contributed by atoms with E-state index in [4.69, 9.17) is 21.1 Å². The van der Waals surface area contributed by atoms with Crippen molar-refractivity contribution >= 4 is 28.6 Å². The third-order valence-electron chi connectivity index (χ3n) is 5.69. The Morgan fingerprint density at radius 3 is 2.79 bits per heavy atom. The summed E-state index contributed by atoms with van der Waals surface area (Å²) in [5.74, 6) is 0.0692. The van der Waals surface area contributed by atoms with Gasteiger partial charge in [-0.2, -0.15) is 0 Å². The molecule has 0 bridgehead atoms. The van der Waals surface area contributed by atoms with Crippen LogP contribution in [0.5, 0.6) is 5.75 Å². The zero-order chi connectivity index (χ0) is 20.0. The molecule has 1 amide bonds. The van der Waals surface area contributed by atoms with Crippen molar-refractivity contribution < 1.29 is 18.7 Å². The van der Waals surface area contributed by atoms with Crippen LogP contribution < -0.4 is 4.74 Å². The average molecular weight is 415 g/mol. The predicted octanol–water partition coefficient (Wildman–Crippen LogP) is 4.56. The number of carbonyl (C=O) groups is 1. The van der Waals surface area contributed by atoms with E-state index >= 15 is 0 Å². The lowest BCUT2D eigenvalue weighted by Gasteiger charge is -2.22. The van der Waals surface area contributed by atoms with Gasteiger partial charge in [0.05, 0.1) is 17.1 Å². The van der Waals surface area contributed by atoms with E-state index < -0.39 is 5.82 Å². The van der Waals surface area contributed by atoms with Crippen LogP contribution in [0.4, 0.5) is 9.18 Å². The average Bonchev–Trinajstić information content (AvgIpc) is 2.90. The lowest BCUT2D eigenvalue weighted by Crippen LogP contribution is -2.34. The van der Waals surface area contributed by atoms with E-state index in [2.05, 4.69) is 4.57 Å². The second kappa shape index (κ2) is 7.26. The minimum atomic E-state index is -0.473. The van der Waals surface area contributed by atoms with E-state index in [1.54, 1.807) is 4.90 Å². The first-order valence-corrected chi connectivity index (χ1v) is 10.1. The van der Waals surface area contributed by atoms with Crippen LogP contribution in [0.25, 0.3) is 10.9 Å². The largest absolute Gasteiger partial charge is 0.489 e. The first-order chi connectivity index (χ1) is 14.1. The number of rotatable bonds is 2. The highest BCUT2D eigenvalue weighted by Gasteiger charge is 2.30. The number of amides is 1.